The molecule has 3 aromatic rings. The Morgan fingerprint density at radius 3 is 2.71 bits per heavy atom. The van der Waals surface area contributed by atoms with E-state index in [1.165, 1.54) is 13.2 Å². The van der Waals surface area contributed by atoms with Crippen molar-refractivity contribution in [2.24, 2.45) is 11.8 Å². The summed E-state index contributed by atoms with van der Waals surface area (Å²) in [6.45, 7) is 1.51. The Bertz CT molecular complexity index is 1300. The first-order valence-corrected chi connectivity index (χ1v) is 11.3. The molecule has 1 saturated heterocycles. The maximum Gasteiger partial charge on any atom is 0.337 e. The number of carbonyl (C=O) groups is 1. The average molecular weight is 474 g/mol. The second-order valence-corrected chi connectivity index (χ2v) is 8.30. The van der Waals surface area contributed by atoms with E-state index in [1.54, 1.807) is 42.5 Å². The van der Waals surface area contributed by atoms with Gasteiger partial charge in [0.15, 0.2) is 0 Å². The number of fused-ring (bicyclic) bond motifs is 1. The van der Waals surface area contributed by atoms with E-state index in [-0.39, 0.29) is 17.6 Å². The van der Waals surface area contributed by atoms with Crippen LogP contribution in [0.3, 0.4) is 0 Å². The Balaban J connectivity index is 1.46. The normalized spacial score (nSPS) is 18.6. The molecule has 1 aliphatic heterocycles. The van der Waals surface area contributed by atoms with Crippen LogP contribution >= 0.6 is 0 Å². The van der Waals surface area contributed by atoms with Crippen LogP contribution in [-0.2, 0) is 4.74 Å². The number of para-hydroxylation sites is 1. The molecule has 0 bridgehead atoms. The summed E-state index contributed by atoms with van der Waals surface area (Å²) in [6.07, 6.45) is 9.55. The summed E-state index contributed by atoms with van der Waals surface area (Å²) in [4.78, 5) is 27.4. The smallest absolute Gasteiger partial charge is 0.337 e. The molecule has 1 fully saturated rings. The van der Waals surface area contributed by atoms with Crippen molar-refractivity contribution in [2.45, 2.75) is 6.42 Å². The van der Waals surface area contributed by atoms with Gasteiger partial charge < -0.3 is 19.7 Å². The first-order valence-electron chi connectivity index (χ1n) is 11.3. The third kappa shape index (κ3) is 5.13. The fourth-order valence-corrected chi connectivity index (χ4v) is 4.22. The summed E-state index contributed by atoms with van der Waals surface area (Å²) in [5.41, 5.74) is 0.575. The molecule has 2 atom stereocenters. The molecular weight excluding hydrogens is 449 g/mol. The molecule has 9 heteroatoms. The van der Waals surface area contributed by atoms with Gasteiger partial charge in [0, 0.05) is 19.0 Å². The molecule has 0 unspecified atom stereocenters. The molecule has 35 heavy (non-hydrogen) atoms. The minimum atomic E-state index is -0.480. The molecule has 0 saturated carbocycles. The molecule has 1 N–H and O–H groups in total. The van der Waals surface area contributed by atoms with Gasteiger partial charge in [-0.25, -0.2) is 9.18 Å². The van der Waals surface area contributed by atoms with E-state index in [0.717, 1.165) is 19.5 Å². The van der Waals surface area contributed by atoms with Gasteiger partial charge in [0.25, 0.3) is 0 Å². The largest absolute Gasteiger partial charge is 0.465 e. The van der Waals surface area contributed by atoms with E-state index in [9.17, 15) is 9.18 Å². The number of piperidine rings is 1. The number of allylic oxidation sites excluding steroid dienone is 3. The number of halogens is 1. The number of hydrogen-bond donors (Lipinski definition) is 1. The van der Waals surface area contributed by atoms with Crippen LogP contribution in [0.1, 0.15) is 16.8 Å². The highest BCUT2D eigenvalue weighted by Gasteiger charge is 2.29. The quantitative estimate of drug-likeness (QED) is 0.506. The van der Waals surface area contributed by atoms with E-state index in [0.29, 0.717) is 29.1 Å². The summed E-state index contributed by atoms with van der Waals surface area (Å²) in [5, 5.41) is 2.93. The number of methoxy groups -OCH3 is 1. The zero-order chi connectivity index (χ0) is 24.2. The van der Waals surface area contributed by atoms with Crippen molar-refractivity contribution in [1.82, 2.24) is 15.0 Å². The highest BCUT2D eigenvalue weighted by molar-refractivity contribution is 5.89. The SMILES string of the molecule is COC(=O)c1cccc(Oc2nc(Nc3ccccc3F)nc(N3CC[C@@H]4C=CC=C[C@@H]4C3)n2)c1. The summed E-state index contributed by atoms with van der Waals surface area (Å²) >= 11 is 0. The van der Waals surface area contributed by atoms with Gasteiger partial charge in [-0.05, 0) is 42.7 Å². The lowest BCUT2D eigenvalue weighted by Gasteiger charge is -2.37. The molecular formula is C26H24FN5O3. The van der Waals surface area contributed by atoms with Crippen molar-refractivity contribution in [1.29, 1.82) is 0 Å². The summed E-state index contributed by atoms with van der Waals surface area (Å²) in [6, 6.07) is 12.8. The van der Waals surface area contributed by atoms with E-state index < -0.39 is 11.8 Å². The molecule has 178 valence electrons. The van der Waals surface area contributed by atoms with Gasteiger partial charge in [-0.1, -0.05) is 42.5 Å². The molecule has 2 aliphatic rings. The van der Waals surface area contributed by atoms with Crippen LogP contribution in [0.4, 0.5) is 22.0 Å². The van der Waals surface area contributed by atoms with E-state index in [1.807, 2.05) is 0 Å². The van der Waals surface area contributed by atoms with Crippen LogP contribution in [0.25, 0.3) is 0 Å². The number of ether oxygens (including phenoxy) is 2. The van der Waals surface area contributed by atoms with Crippen molar-refractivity contribution in [3.8, 4) is 11.8 Å². The van der Waals surface area contributed by atoms with Gasteiger partial charge in [-0.3, -0.25) is 0 Å². The fourth-order valence-electron chi connectivity index (χ4n) is 4.22. The lowest BCUT2D eigenvalue weighted by molar-refractivity contribution is 0.0600. The molecule has 2 heterocycles. The van der Waals surface area contributed by atoms with Crippen LogP contribution < -0.4 is 15.0 Å². The number of benzene rings is 2. The lowest BCUT2D eigenvalue weighted by Crippen LogP contribution is -2.40. The van der Waals surface area contributed by atoms with Gasteiger partial charge in [-0.15, -0.1) is 0 Å². The van der Waals surface area contributed by atoms with Crippen LogP contribution in [0.5, 0.6) is 11.8 Å². The predicted octanol–water partition coefficient (Wildman–Crippen LogP) is 4.90. The average Bonchev–Trinajstić information content (AvgIpc) is 2.89. The van der Waals surface area contributed by atoms with Crippen LogP contribution in [0.15, 0.2) is 72.8 Å². The fraction of sp³-hybridized carbons (Fsp3) is 0.231. The van der Waals surface area contributed by atoms with Gasteiger partial charge in [0.2, 0.25) is 11.9 Å². The van der Waals surface area contributed by atoms with Crippen molar-refractivity contribution in [2.75, 3.05) is 30.4 Å². The number of rotatable bonds is 6. The Labute approximate surface area is 202 Å². The lowest BCUT2D eigenvalue weighted by atomic mass is 9.83. The van der Waals surface area contributed by atoms with Crippen LogP contribution in [0, 0.1) is 17.7 Å². The molecule has 1 aromatic heterocycles. The molecule has 8 nitrogen and oxygen atoms in total. The highest BCUT2D eigenvalue weighted by Crippen LogP contribution is 2.32. The Morgan fingerprint density at radius 2 is 1.89 bits per heavy atom. The predicted molar refractivity (Wildman–Crippen MR) is 129 cm³/mol. The van der Waals surface area contributed by atoms with Crippen molar-refractivity contribution >= 4 is 23.6 Å². The molecule has 0 spiro atoms. The molecule has 5 rings (SSSR count). The number of aromatic nitrogens is 3. The third-order valence-corrected chi connectivity index (χ3v) is 6.01. The van der Waals surface area contributed by atoms with Crippen molar-refractivity contribution in [3.63, 3.8) is 0 Å². The Morgan fingerprint density at radius 1 is 1.06 bits per heavy atom. The van der Waals surface area contributed by atoms with Crippen LogP contribution in [-0.4, -0.2) is 41.1 Å². The molecule has 2 aromatic carbocycles. The first-order chi connectivity index (χ1) is 17.1. The van der Waals surface area contributed by atoms with E-state index in [2.05, 4.69) is 49.5 Å². The van der Waals surface area contributed by atoms with Crippen LogP contribution in [0.2, 0.25) is 0 Å². The Hall–Kier alpha value is -4.27. The standard InChI is InChI=1S/C26H24FN5O3/c1-34-23(33)18-9-6-10-20(15-18)35-26-30-24(28-22-12-5-4-11-21(22)27)29-25(31-26)32-14-13-17-7-2-3-8-19(17)16-32/h2-12,15,17,19H,13-14,16H2,1H3,(H,28,29,30,31)/t17-,19+/m0/s1. The number of esters is 1. The number of nitrogens with one attached hydrogen (secondary N) is 1. The van der Waals surface area contributed by atoms with Crippen molar-refractivity contribution < 1.29 is 18.7 Å². The number of carbonyl (C=O) groups excluding carboxylic acids is 1. The minimum absolute atomic E-state index is 0.0251. The maximum atomic E-state index is 14.3. The molecule has 0 amide bonds. The Kier molecular flexibility index (Phi) is 6.38. The van der Waals surface area contributed by atoms with Gasteiger partial charge >= 0.3 is 12.0 Å². The first kappa shape index (κ1) is 22.5. The zero-order valence-electron chi connectivity index (χ0n) is 19.1. The minimum Gasteiger partial charge on any atom is -0.465 e. The second-order valence-electron chi connectivity index (χ2n) is 8.30. The van der Waals surface area contributed by atoms with Gasteiger partial charge in [0.1, 0.15) is 11.6 Å². The molecule has 1 aliphatic carbocycles. The van der Waals surface area contributed by atoms with Gasteiger partial charge in [-0.2, -0.15) is 15.0 Å². The van der Waals surface area contributed by atoms with E-state index >= 15 is 0 Å². The summed E-state index contributed by atoms with van der Waals surface area (Å²) in [7, 11) is 1.31. The monoisotopic (exact) mass is 473 g/mol. The van der Waals surface area contributed by atoms with E-state index in [4.69, 9.17) is 9.47 Å². The second kappa shape index (κ2) is 9.92. The topological polar surface area (TPSA) is 89.5 Å². The third-order valence-electron chi connectivity index (χ3n) is 6.01. The van der Waals surface area contributed by atoms with Crippen molar-refractivity contribution in [3.05, 3.63) is 84.2 Å². The summed E-state index contributed by atoms with van der Waals surface area (Å²) < 4.78 is 25.0. The number of hydrogen-bond acceptors (Lipinski definition) is 8. The molecule has 0 radical (unpaired) electrons. The number of anilines is 3. The maximum absolute atomic E-state index is 14.3. The number of nitrogens with zero attached hydrogens (tertiary/aromatic N) is 4. The summed E-state index contributed by atoms with van der Waals surface area (Å²) in [5.74, 6) is 0.884. The zero-order valence-corrected chi connectivity index (χ0v) is 19.1. The van der Waals surface area contributed by atoms with Gasteiger partial charge in [0.05, 0.1) is 18.4 Å². The highest BCUT2D eigenvalue weighted by atomic mass is 19.1.